The van der Waals surface area contributed by atoms with Crippen molar-refractivity contribution in [3.8, 4) is 11.3 Å². The van der Waals surface area contributed by atoms with Crippen LogP contribution in [0.3, 0.4) is 0 Å². The van der Waals surface area contributed by atoms with Crippen molar-refractivity contribution >= 4 is 22.8 Å². The van der Waals surface area contributed by atoms with Crippen molar-refractivity contribution in [2.45, 2.75) is 13.5 Å². The van der Waals surface area contributed by atoms with Crippen molar-refractivity contribution in [3.63, 3.8) is 0 Å². The lowest BCUT2D eigenvalue weighted by molar-refractivity contribution is 0.105. The largest absolute Gasteiger partial charge is 0.450 e. The van der Waals surface area contributed by atoms with Gasteiger partial charge in [-0.3, -0.25) is 4.68 Å². The van der Waals surface area contributed by atoms with E-state index in [0.29, 0.717) is 26.3 Å². The molecule has 0 unspecified atom stereocenters. The van der Waals surface area contributed by atoms with E-state index in [2.05, 4.69) is 26.0 Å². The molecule has 1 aliphatic heterocycles. The Bertz CT molecular complexity index is 1000. The molecule has 0 aromatic carbocycles. The second kappa shape index (κ2) is 8.12. The molecule has 1 aliphatic rings. The van der Waals surface area contributed by atoms with Crippen LogP contribution < -0.4 is 4.90 Å². The van der Waals surface area contributed by atoms with Crippen LogP contribution in [0.2, 0.25) is 0 Å². The van der Waals surface area contributed by atoms with Crippen molar-refractivity contribution < 1.29 is 14.3 Å². The number of methoxy groups -OCH3 is 1. The number of aromatic nitrogens is 4. The van der Waals surface area contributed by atoms with Gasteiger partial charge in [0, 0.05) is 63.2 Å². The number of piperazine rings is 1. The van der Waals surface area contributed by atoms with E-state index in [-0.39, 0.29) is 6.09 Å². The lowest BCUT2D eigenvalue weighted by Gasteiger charge is -2.35. The first-order valence-electron chi connectivity index (χ1n) is 9.77. The zero-order valence-electron chi connectivity index (χ0n) is 17.0. The average molecular weight is 398 g/mol. The molecule has 1 saturated heterocycles. The van der Waals surface area contributed by atoms with Crippen LogP contribution >= 0.6 is 0 Å². The third-order valence-corrected chi connectivity index (χ3v) is 5.29. The number of nitrogens with zero attached hydrogens (tertiary/aromatic N) is 5. The quantitative estimate of drug-likeness (QED) is 0.710. The van der Waals surface area contributed by atoms with E-state index in [4.69, 9.17) is 9.47 Å². The summed E-state index contributed by atoms with van der Waals surface area (Å²) in [7, 11) is 3.59. The average Bonchev–Trinajstić information content (AvgIpc) is 3.32. The van der Waals surface area contributed by atoms with Gasteiger partial charge in [0.2, 0.25) is 0 Å². The molecule has 154 valence electrons. The number of rotatable bonds is 5. The number of hydrogen-bond donors (Lipinski definition) is 1. The molecule has 4 heterocycles. The third-order valence-electron chi connectivity index (χ3n) is 5.29. The van der Waals surface area contributed by atoms with Crippen LogP contribution in [0.4, 0.5) is 10.5 Å². The summed E-state index contributed by atoms with van der Waals surface area (Å²) in [5.41, 5.74) is 4.91. The molecular weight excluding hydrogens is 372 g/mol. The number of aromatic amines is 1. The van der Waals surface area contributed by atoms with Gasteiger partial charge in [0.15, 0.2) is 0 Å². The number of carbonyl (C=O) groups excluding carboxylic acids is 1. The minimum Gasteiger partial charge on any atom is -0.450 e. The van der Waals surface area contributed by atoms with Gasteiger partial charge in [-0.25, -0.2) is 9.78 Å². The van der Waals surface area contributed by atoms with Crippen LogP contribution in [0.5, 0.6) is 0 Å². The van der Waals surface area contributed by atoms with E-state index < -0.39 is 0 Å². The van der Waals surface area contributed by atoms with E-state index in [1.165, 1.54) is 0 Å². The summed E-state index contributed by atoms with van der Waals surface area (Å²) in [6.45, 7) is 5.49. The normalized spacial score (nSPS) is 14.6. The number of carbonyl (C=O) groups is 1. The van der Waals surface area contributed by atoms with Crippen LogP contribution in [0.1, 0.15) is 12.6 Å². The van der Waals surface area contributed by atoms with Gasteiger partial charge >= 0.3 is 6.09 Å². The number of anilines is 1. The van der Waals surface area contributed by atoms with E-state index >= 15 is 0 Å². The summed E-state index contributed by atoms with van der Waals surface area (Å²) in [5.74, 6) is 0. The number of fused-ring (bicyclic) bond motifs is 1. The first-order chi connectivity index (χ1) is 14.1. The molecule has 0 radical (unpaired) electrons. The fraction of sp³-hybridized carbons (Fsp3) is 0.450. The predicted octanol–water partition coefficient (Wildman–Crippen LogP) is 2.39. The van der Waals surface area contributed by atoms with Gasteiger partial charge in [-0.2, -0.15) is 5.10 Å². The maximum absolute atomic E-state index is 12.0. The molecular formula is C20H26N6O3. The monoisotopic (exact) mass is 398 g/mol. The van der Waals surface area contributed by atoms with E-state index in [0.717, 1.165) is 46.8 Å². The maximum Gasteiger partial charge on any atom is 0.409 e. The Morgan fingerprint density at radius 3 is 2.79 bits per heavy atom. The highest BCUT2D eigenvalue weighted by atomic mass is 16.6. The third kappa shape index (κ3) is 3.65. The van der Waals surface area contributed by atoms with E-state index in [1.807, 2.05) is 37.1 Å². The highest BCUT2D eigenvalue weighted by molar-refractivity contribution is 5.94. The molecule has 3 aromatic rings. The second-order valence-electron chi connectivity index (χ2n) is 7.01. The zero-order valence-corrected chi connectivity index (χ0v) is 17.0. The van der Waals surface area contributed by atoms with Crippen molar-refractivity contribution in [2.24, 2.45) is 7.05 Å². The zero-order chi connectivity index (χ0) is 20.4. The summed E-state index contributed by atoms with van der Waals surface area (Å²) in [4.78, 5) is 23.9. The van der Waals surface area contributed by atoms with Crippen LogP contribution in [-0.4, -0.2) is 70.6 Å². The van der Waals surface area contributed by atoms with Crippen molar-refractivity contribution in [1.82, 2.24) is 24.6 Å². The molecule has 1 N–H and O–H groups in total. The molecule has 1 amide bonds. The van der Waals surface area contributed by atoms with E-state index in [1.54, 1.807) is 12.0 Å². The fourth-order valence-electron chi connectivity index (χ4n) is 3.77. The van der Waals surface area contributed by atoms with Gasteiger partial charge < -0.3 is 24.3 Å². The maximum atomic E-state index is 12.0. The standard InChI is InChI=1S/C20H26N6O3/c1-4-29-20(27)26-9-7-25(8-10-26)17-5-6-21-19-14(17)11-16(23-19)15-12-22-24(2)18(15)13-28-3/h5-6,11-12H,4,7-10,13H2,1-3H3,(H,21,23). The van der Waals surface area contributed by atoms with Crippen LogP contribution in [0.15, 0.2) is 24.5 Å². The second-order valence-corrected chi connectivity index (χ2v) is 7.01. The lowest BCUT2D eigenvalue weighted by atomic mass is 10.1. The van der Waals surface area contributed by atoms with Crippen molar-refractivity contribution in [3.05, 3.63) is 30.2 Å². The van der Waals surface area contributed by atoms with E-state index in [9.17, 15) is 4.79 Å². The Morgan fingerprint density at radius 2 is 2.07 bits per heavy atom. The van der Waals surface area contributed by atoms with Crippen molar-refractivity contribution in [2.75, 3.05) is 44.8 Å². The fourth-order valence-corrected chi connectivity index (χ4v) is 3.77. The predicted molar refractivity (Wildman–Crippen MR) is 110 cm³/mol. The highest BCUT2D eigenvalue weighted by Crippen LogP contribution is 2.32. The summed E-state index contributed by atoms with van der Waals surface area (Å²) in [6, 6.07) is 4.14. The Kier molecular flexibility index (Phi) is 5.39. The number of amides is 1. The Labute approximate surface area is 169 Å². The number of aryl methyl sites for hydroxylation is 1. The number of pyridine rings is 1. The van der Waals surface area contributed by atoms with Gasteiger partial charge in [-0.15, -0.1) is 0 Å². The summed E-state index contributed by atoms with van der Waals surface area (Å²) in [6.07, 6.45) is 3.42. The summed E-state index contributed by atoms with van der Waals surface area (Å²) >= 11 is 0. The van der Waals surface area contributed by atoms with Gasteiger partial charge in [0.25, 0.3) is 0 Å². The first-order valence-corrected chi connectivity index (χ1v) is 9.77. The molecule has 0 saturated carbocycles. The Morgan fingerprint density at radius 1 is 1.28 bits per heavy atom. The number of hydrogen-bond acceptors (Lipinski definition) is 6. The van der Waals surface area contributed by atoms with Crippen LogP contribution in [0.25, 0.3) is 22.3 Å². The Hall–Kier alpha value is -3.07. The molecule has 3 aromatic heterocycles. The highest BCUT2D eigenvalue weighted by Gasteiger charge is 2.24. The molecule has 0 spiro atoms. The van der Waals surface area contributed by atoms with Crippen molar-refractivity contribution in [1.29, 1.82) is 0 Å². The summed E-state index contributed by atoms with van der Waals surface area (Å²) in [5, 5.41) is 5.43. The molecule has 9 nitrogen and oxygen atoms in total. The molecule has 0 bridgehead atoms. The molecule has 0 atom stereocenters. The lowest BCUT2D eigenvalue weighted by Crippen LogP contribution is -2.49. The van der Waals surface area contributed by atoms with Gasteiger partial charge in [-0.05, 0) is 19.1 Å². The minimum absolute atomic E-state index is 0.238. The smallest absolute Gasteiger partial charge is 0.409 e. The minimum atomic E-state index is -0.238. The number of nitrogens with one attached hydrogen (secondary N) is 1. The Balaban J connectivity index is 1.60. The van der Waals surface area contributed by atoms with Crippen LogP contribution in [-0.2, 0) is 23.1 Å². The number of ether oxygens (including phenoxy) is 2. The topological polar surface area (TPSA) is 88.5 Å². The number of H-pyrrole nitrogens is 1. The molecule has 4 rings (SSSR count). The summed E-state index contributed by atoms with van der Waals surface area (Å²) < 4.78 is 12.3. The SMILES string of the molecule is CCOC(=O)N1CCN(c2ccnc3[nH]c(-c4cnn(C)c4COC)cc23)CC1. The van der Waals surface area contributed by atoms with Crippen LogP contribution in [0, 0.1) is 0 Å². The van der Waals surface area contributed by atoms with Gasteiger partial charge in [-0.1, -0.05) is 0 Å². The molecule has 0 aliphatic carbocycles. The molecule has 1 fully saturated rings. The molecule has 9 heteroatoms. The first kappa shape index (κ1) is 19.3. The van der Waals surface area contributed by atoms with Gasteiger partial charge in [0.05, 0.1) is 30.8 Å². The molecule has 29 heavy (non-hydrogen) atoms. The van der Waals surface area contributed by atoms with Gasteiger partial charge in [0.1, 0.15) is 5.65 Å².